The number of hydrogen-bond donors (Lipinski definition) is 1. The SMILES string of the molecule is Cc1cnn(CC[C@@H](CC(=O)N(C)c2nccs2)NC(=O)c2cc(-c3ccccc3C(F)(F)F)n(C3CCCC3)n2)c1. The molecule has 4 aromatic rings. The number of rotatable bonds is 10. The zero-order chi connectivity index (χ0) is 29.9. The van der Waals surface area contributed by atoms with Gasteiger partial charge in [0.1, 0.15) is 0 Å². The number of aromatic nitrogens is 5. The summed E-state index contributed by atoms with van der Waals surface area (Å²) in [6, 6.07) is 6.09. The Morgan fingerprint density at radius 2 is 1.98 bits per heavy atom. The molecule has 0 aliphatic heterocycles. The quantitative estimate of drug-likeness (QED) is 0.245. The van der Waals surface area contributed by atoms with Gasteiger partial charge < -0.3 is 5.32 Å². The van der Waals surface area contributed by atoms with Gasteiger partial charge in [-0.15, -0.1) is 11.3 Å². The summed E-state index contributed by atoms with van der Waals surface area (Å²) in [4.78, 5) is 32.3. The van der Waals surface area contributed by atoms with Crippen molar-refractivity contribution in [2.24, 2.45) is 0 Å². The summed E-state index contributed by atoms with van der Waals surface area (Å²) in [6.07, 6.45) is 4.46. The lowest BCUT2D eigenvalue weighted by molar-refractivity contribution is -0.137. The fraction of sp³-hybridized carbons (Fsp3) is 0.414. The van der Waals surface area contributed by atoms with Crippen LogP contribution >= 0.6 is 11.3 Å². The van der Waals surface area contributed by atoms with Crippen molar-refractivity contribution in [2.45, 2.75) is 70.3 Å². The molecule has 0 saturated heterocycles. The lowest BCUT2D eigenvalue weighted by Gasteiger charge is -2.21. The van der Waals surface area contributed by atoms with Crippen LogP contribution in [-0.2, 0) is 17.5 Å². The van der Waals surface area contributed by atoms with E-state index >= 15 is 0 Å². The summed E-state index contributed by atoms with van der Waals surface area (Å²) in [5.74, 6) is -0.785. The van der Waals surface area contributed by atoms with Crippen LogP contribution in [0.3, 0.4) is 0 Å². The third-order valence-corrected chi connectivity index (χ3v) is 8.30. The van der Waals surface area contributed by atoms with Gasteiger partial charge in [0.15, 0.2) is 10.8 Å². The van der Waals surface area contributed by atoms with E-state index in [2.05, 4.69) is 20.5 Å². The Morgan fingerprint density at radius 3 is 2.64 bits per heavy atom. The number of aryl methyl sites for hydroxylation is 2. The number of nitrogens with zero attached hydrogens (tertiary/aromatic N) is 6. The molecular formula is C29H32F3N7O2S. The molecule has 9 nitrogen and oxygen atoms in total. The minimum Gasteiger partial charge on any atom is -0.347 e. The van der Waals surface area contributed by atoms with E-state index < -0.39 is 23.7 Å². The average molecular weight is 600 g/mol. The fourth-order valence-electron chi connectivity index (χ4n) is 5.29. The average Bonchev–Trinajstić information content (AvgIpc) is 3.78. The predicted octanol–water partition coefficient (Wildman–Crippen LogP) is 5.89. The molecule has 1 aromatic carbocycles. The maximum absolute atomic E-state index is 13.9. The van der Waals surface area contributed by atoms with Crippen LogP contribution in [0.1, 0.15) is 66.2 Å². The standard InChI is InChI=1S/C29H32F3N7O2S/c1-19-17-34-38(18-19)13-11-20(15-26(40)37(2)28-33-12-14-42-28)35-27(41)24-16-25(39(36-24)21-7-3-4-8-21)22-9-5-6-10-23(22)29(30,31)32/h5-6,9-10,12,14,16-18,20-21H,3-4,7-8,11,13,15H2,1-2H3,(H,35,41)/t20-/m0/s1. The summed E-state index contributed by atoms with van der Waals surface area (Å²) in [6.45, 7) is 2.37. The second-order valence-corrected chi connectivity index (χ2v) is 11.4. The Morgan fingerprint density at radius 1 is 1.21 bits per heavy atom. The van der Waals surface area contributed by atoms with Crippen LogP contribution in [0.15, 0.2) is 54.3 Å². The predicted molar refractivity (Wildman–Crippen MR) is 153 cm³/mol. The summed E-state index contributed by atoms with van der Waals surface area (Å²) in [5, 5.41) is 14.1. The largest absolute Gasteiger partial charge is 0.417 e. The molecule has 1 fully saturated rings. The molecular weight excluding hydrogens is 567 g/mol. The van der Waals surface area contributed by atoms with Crippen molar-refractivity contribution < 1.29 is 22.8 Å². The van der Waals surface area contributed by atoms with Crippen LogP contribution in [0.2, 0.25) is 0 Å². The van der Waals surface area contributed by atoms with Gasteiger partial charge in [-0.2, -0.15) is 23.4 Å². The number of alkyl halides is 3. The van der Waals surface area contributed by atoms with Crippen LogP contribution in [0.25, 0.3) is 11.3 Å². The van der Waals surface area contributed by atoms with E-state index in [9.17, 15) is 22.8 Å². The number of benzene rings is 1. The maximum atomic E-state index is 13.9. The fourth-order valence-corrected chi connectivity index (χ4v) is 5.91. The van der Waals surface area contributed by atoms with E-state index in [4.69, 9.17) is 0 Å². The Bertz CT molecular complexity index is 1520. The van der Waals surface area contributed by atoms with Crippen molar-refractivity contribution in [2.75, 3.05) is 11.9 Å². The van der Waals surface area contributed by atoms with Crippen LogP contribution in [-0.4, -0.2) is 49.4 Å². The molecule has 1 aliphatic rings. The van der Waals surface area contributed by atoms with Gasteiger partial charge >= 0.3 is 6.18 Å². The molecule has 222 valence electrons. The molecule has 3 aromatic heterocycles. The van der Waals surface area contributed by atoms with Crippen molar-refractivity contribution >= 4 is 28.3 Å². The Hall–Kier alpha value is -4.00. The van der Waals surface area contributed by atoms with E-state index in [0.29, 0.717) is 18.1 Å². The minimum atomic E-state index is -4.57. The van der Waals surface area contributed by atoms with Crippen LogP contribution in [0.5, 0.6) is 0 Å². The first-order valence-electron chi connectivity index (χ1n) is 13.8. The van der Waals surface area contributed by atoms with Gasteiger partial charge in [0, 0.05) is 49.4 Å². The van der Waals surface area contributed by atoms with Gasteiger partial charge in [-0.05, 0) is 43.9 Å². The number of hydrogen-bond acceptors (Lipinski definition) is 6. The molecule has 0 radical (unpaired) electrons. The monoisotopic (exact) mass is 599 g/mol. The molecule has 1 atom stereocenters. The smallest absolute Gasteiger partial charge is 0.347 e. The van der Waals surface area contributed by atoms with E-state index in [1.54, 1.807) is 40.3 Å². The van der Waals surface area contributed by atoms with Crippen LogP contribution in [0.4, 0.5) is 18.3 Å². The molecule has 1 saturated carbocycles. The van der Waals surface area contributed by atoms with Crippen molar-refractivity contribution in [1.82, 2.24) is 29.9 Å². The molecule has 42 heavy (non-hydrogen) atoms. The molecule has 5 rings (SSSR count). The van der Waals surface area contributed by atoms with Crippen molar-refractivity contribution in [1.29, 1.82) is 0 Å². The maximum Gasteiger partial charge on any atom is 0.417 e. The molecule has 1 N–H and O–H groups in total. The first kappa shape index (κ1) is 29.5. The van der Waals surface area contributed by atoms with Gasteiger partial charge in [0.25, 0.3) is 5.91 Å². The first-order valence-corrected chi connectivity index (χ1v) is 14.7. The highest BCUT2D eigenvalue weighted by Gasteiger charge is 2.35. The number of amides is 2. The molecule has 0 spiro atoms. The van der Waals surface area contributed by atoms with E-state index in [1.807, 2.05) is 13.1 Å². The molecule has 1 aliphatic carbocycles. The van der Waals surface area contributed by atoms with Gasteiger partial charge in [0.2, 0.25) is 5.91 Å². The molecule has 13 heteroatoms. The zero-order valence-electron chi connectivity index (χ0n) is 23.3. The second kappa shape index (κ2) is 12.5. The number of anilines is 1. The minimum absolute atomic E-state index is 0.00479. The van der Waals surface area contributed by atoms with Crippen molar-refractivity contribution in [3.05, 3.63) is 71.1 Å². The Balaban J connectivity index is 1.42. The summed E-state index contributed by atoms with van der Waals surface area (Å²) >= 11 is 1.33. The lowest BCUT2D eigenvalue weighted by Crippen LogP contribution is -2.40. The highest BCUT2D eigenvalue weighted by molar-refractivity contribution is 7.13. The molecule has 2 amide bonds. The van der Waals surface area contributed by atoms with Crippen LogP contribution in [0, 0.1) is 6.92 Å². The Labute approximate surface area is 245 Å². The summed E-state index contributed by atoms with van der Waals surface area (Å²) in [5.41, 5.74) is 0.450. The number of carbonyl (C=O) groups is 2. The highest BCUT2D eigenvalue weighted by atomic mass is 32.1. The second-order valence-electron chi connectivity index (χ2n) is 10.6. The van der Waals surface area contributed by atoms with E-state index in [1.165, 1.54) is 34.4 Å². The van der Waals surface area contributed by atoms with Gasteiger partial charge in [-0.3, -0.25) is 23.9 Å². The highest BCUT2D eigenvalue weighted by Crippen LogP contribution is 2.40. The molecule has 0 unspecified atom stereocenters. The van der Waals surface area contributed by atoms with E-state index in [0.717, 1.165) is 37.3 Å². The van der Waals surface area contributed by atoms with Gasteiger partial charge in [-0.25, -0.2) is 4.98 Å². The number of nitrogens with one attached hydrogen (secondary N) is 1. The topological polar surface area (TPSA) is 97.9 Å². The molecule has 3 heterocycles. The first-order chi connectivity index (χ1) is 20.1. The summed E-state index contributed by atoms with van der Waals surface area (Å²) < 4.78 is 45.1. The number of carbonyl (C=O) groups excluding carboxylic acids is 2. The Kier molecular flexibility index (Phi) is 8.76. The number of halogens is 3. The van der Waals surface area contributed by atoms with Crippen LogP contribution < -0.4 is 10.2 Å². The molecule has 0 bridgehead atoms. The van der Waals surface area contributed by atoms with Gasteiger partial charge in [0.05, 0.1) is 23.5 Å². The number of thiazole rings is 1. The zero-order valence-corrected chi connectivity index (χ0v) is 24.2. The third-order valence-electron chi connectivity index (χ3n) is 7.45. The summed E-state index contributed by atoms with van der Waals surface area (Å²) in [7, 11) is 1.63. The van der Waals surface area contributed by atoms with Crippen molar-refractivity contribution in [3.63, 3.8) is 0 Å². The van der Waals surface area contributed by atoms with Crippen molar-refractivity contribution in [3.8, 4) is 11.3 Å². The third kappa shape index (κ3) is 6.72. The van der Waals surface area contributed by atoms with E-state index in [-0.39, 0.29) is 35.3 Å². The normalized spacial score (nSPS) is 14.7. The van der Waals surface area contributed by atoms with Gasteiger partial charge in [-0.1, -0.05) is 31.0 Å². The lowest BCUT2D eigenvalue weighted by atomic mass is 10.0.